The first kappa shape index (κ1) is 14.8. The fourth-order valence-corrected chi connectivity index (χ4v) is 3.42. The van der Waals surface area contributed by atoms with E-state index in [2.05, 4.69) is 15.1 Å². The Balaban J connectivity index is 1.59. The van der Waals surface area contributed by atoms with Crippen LogP contribution < -0.4 is 4.90 Å². The van der Waals surface area contributed by atoms with E-state index < -0.39 is 0 Å². The molecular formula is C16H20N4OS. The molecule has 1 aliphatic heterocycles. The molecule has 0 unspecified atom stereocenters. The topological polar surface area (TPSA) is 52.2 Å². The Morgan fingerprint density at radius 3 is 2.68 bits per heavy atom. The molecular weight excluding hydrogens is 296 g/mol. The summed E-state index contributed by atoms with van der Waals surface area (Å²) in [4.78, 5) is 17.5. The van der Waals surface area contributed by atoms with Crippen LogP contribution in [0.2, 0.25) is 0 Å². The number of aryl methyl sites for hydroxylation is 2. The Bertz CT molecular complexity index is 647. The number of hydrogen-bond acceptors (Lipinski definition) is 4. The molecule has 0 saturated carbocycles. The molecule has 1 saturated heterocycles. The maximum absolute atomic E-state index is 12.2. The van der Waals surface area contributed by atoms with Crippen molar-refractivity contribution in [2.75, 3.05) is 31.1 Å². The highest BCUT2D eigenvalue weighted by atomic mass is 32.1. The second kappa shape index (κ2) is 6.36. The number of nitrogens with zero attached hydrogens (tertiary/aromatic N) is 3. The molecule has 2 aromatic heterocycles. The average Bonchev–Trinajstić information content (AvgIpc) is 3.15. The van der Waals surface area contributed by atoms with Gasteiger partial charge in [0.2, 0.25) is 5.91 Å². The van der Waals surface area contributed by atoms with Crippen molar-refractivity contribution in [2.45, 2.75) is 13.8 Å². The highest BCUT2D eigenvalue weighted by Crippen LogP contribution is 2.23. The van der Waals surface area contributed by atoms with E-state index in [0.717, 1.165) is 42.4 Å². The van der Waals surface area contributed by atoms with Crippen molar-refractivity contribution in [3.8, 4) is 0 Å². The molecule has 2 aromatic rings. The highest BCUT2D eigenvalue weighted by molar-refractivity contribution is 7.10. The Morgan fingerprint density at radius 2 is 2.09 bits per heavy atom. The summed E-state index contributed by atoms with van der Waals surface area (Å²) in [7, 11) is 0. The molecule has 3 rings (SSSR count). The number of piperazine rings is 1. The minimum absolute atomic E-state index is 0.0914. The van der Waals surface area contributed by atoms with Gasteiger partial charge in [-0.25, -0.2) is 0 Å². The van der Waals surface area contributed by atoms with E-state index in [1.165, 1.54) is 5.69 Å². The number of nitrogens with one attached hydrogen (secondary N) is 1. The number of rotatable bonds is 3. The van der Waals surface area contributed by atoms with Gasteiger partial charge < -0.3 is 9.80 Å². The number of anilines is 1. The van der Waals surface area contributed by atoms with Crippen LogP contribution in [-0.2, 0) is 4.79 Å². The van der Waals surface area contributed by atoms with E-state index in [0.29, 0.717) is 0 Å². The molecule has 0 spiro atoms. The maximum Gasteiger partial charge on any atom is 0.246 e. The SMILES string of the molecule is Cc1n[nH]c(C)c1N1CCN(C(=O)/C=C/c2cccs2)CC1. The smallest absolute Gasteiger partial charge is 0.246 e. The van der Waals surface area contributed by atoms with Crippen molar-refractivity contribution in [1.29, 1.82) is 0 Å². The average molecular weight is 316 g/mol. The Hall–Kier alpha value is -2.08. The maximum atomic E-state index is 12.2. The third kappa shape index (κ3) is 3.06. The van der Waals surface area contributed by atoms with Gasteiger partial charge >= 0.3 is 0 Å². The predicted molar refractivity (Wildman–Crippen MR) is 90.2 cm³/mol. The molecule has 1 fully saturated rings. The van der Waals surface area contributed by atoms with E-state index in [9.17, 15) is 4.79 Å². The van der Waals surface area contributed by atoms with E-state index >= 15 is 0 Å². The van der Waals surface area contributed by atoms with Crippen LogP contribution in [0.5, 0.6) is 0 Å². The molecule has 3 heterocycles. The van der Waals surface area contributed by atoms with Crippen LogP contribution in [-0.4, -0.2) is 47.2 Å². The van der Waals surface area contributed by atoms with E-state index in [4.69, 9.17) is 0 Å². The molecule has 0 bridgehead atoms. The van der Waals surface area contributed by atoms with Crippen LogP contribution in [0.1, 0.15) is 16.3 Å². The molecule has 0 aliphatic carbocycles. The third-order valence-electron chi connectivity index (χ3n) is 3.93. The zero-order valence-electron chi connectivity index (χ0n) is 12.9. The van der Waals surface area contributed by atoms with Crippen molar-refractivity contribution in [3.63, 3.8) is 0 Å². The summed E-state index contributed by atoms with van der Waals surface area (Å²) in [5.41, 5.74) is 3.30. The zero-order valence-corrected chi connectivity index (χ0v) is 13.7. The van der Waals surface area contributed by atoms with Crippen LogP contribution in [0.25, 0.3) is 6.08 Å². The second-order valence-electron chi connectivity index (χ2n) is 5.44. The molecule has 116 valence electrons. The van der Waals surface area contributed by atoms with Crippen LogP contribution in [0, 0.1) is 13.8 Å². The molecule has 0 aromatic carbocycles. The Kier molecular flexibility index (Phi) is 4.29. The monoisotopic (exact) mass is 316 g/mol. The summed E-state index contributed by atoms with van der Waals surface area (Å²) >= 11 is 1.64. The highest BCUT2D eigenvalue weighted by Gasteiger charge is 2.22. The largest absolute Gasteiger partial charge is 0.365 e. The van der Waals surface area contributed by atoms with Gasteiger partial charge in [0.1, 0.15) is 0 Å². The van der Waals surface area contributed by atoms with Crippen LogP contribution >= 0.6 is 11.3 Å². The number of carbonyl (C=O) groups excluding carboxylic acids is 1. The predicted octanol–water partition coefficient (Wildman–Crippen LogP) is 2.45. The molecule has 1 aliphatic rings. The van der Waals surface area contributed by atoms with Crippen LogP contribution in [0.4, 0.5) is 5.69 Å². The van der Waals surface area contributed by atoms with E-state index in [1.807, 2.05) is 42.3 Å². The molecule has 0 atom stereocenters. The molecule has 1 amide bonds. The summed E-state index contributed by atoms with van der Waals surface area (Å²) in [5, 5.41) is 9.28. The van der Waals surface area contributed by atoms with Crippen molar-refractivity contribution in [2.24, 2.45) is 0 Å². The van der Waals surface area contributed by atoms with Gasteiger partial charge in [-0.1, -0.05) is 6.07 Å². The summed E-state index contributed by atoms with van der Waals surface area (Å²) in [6.07, 6.45) is 3.57. The molecule has 22 heavy (non-hydrogen) atoms. The van der Waals surface area contributed by atoms with E-state index in [-0.39, 0.29) is 5.91 Å². The van der Waals surface area contributed by atoms with Gasteiger partial charge in [-0.05, 0) is 31.4 Å². The van der Waals surface area contributed by atoms with Gasteiger partial charge in [-0.2, -0.15) is 5.10 Å². The van der Waals surface area contributed by atoms with Gasteiger partial charge in [0, 0.05) is 37.1 Å². The lowest BCUT2D eigenvalue weighted by molar-refractivity contribution is -0.126. The fraction of sp³-hybridized carbons (Fsp3) is 0.375. The number of amides is 1. The first-order chi connectivity index (χ1) is 10.6. The van der Waals surface area contributed by atoms with Crippen molar-refractivity contribution >= 4 is 29.0 Å². The van der Waals surface area contributed by atoms with Gasteiger partial charge in [-0.15, -0.1) is 11.3 Å². The minimum Gasteiger partial charge on any atom is -0.365 e. The van der Waals surface area contributed by atoms with Gasteiger partial charge in [0.15, 0.2) is 0 Å². The first-order valence-electron chi connectivity index (χ1n) is 7.42. The van der Waals surface area contributed by atoms with Crippen LogP contribution in [0.3, 0.4) is 0 Å². The fourth-order valence-electron chi connectivity index (χ4n) is 2.81. The third-order valence-corrected chi connectivity index (χ3v) is 4.77. The van der Waals surface area contributed by atoms with Gasteiger partial charge in [-0.3, -0.25) is 9.89 Å². The lowest BCUT2D eigenvalue weighted by Gasteiger charge is -2.35. The minimum atomic E-state index is 0.0914. The quantitative estimate of drug-likeness (QED) is 0.885. The summed E-state index contributed by atoms with van der Waals surface area (Å²) in [6.45, 7) is 7.24. The molecule has 5 nitrogen and oxygen atoms in total. The molecule has 6 heteroatoms. The lowest BCUT2D eigenvalue weighted by atomic mass is 10.2. The lowest BCUT2D eigenvalue weighted by Crippen LogP contribution is -2.48. The summed E-state index contributed by atoms with van der Waals surface area (Å²) in [6, 6.07) is 4.00. The number of aromatic nitrogens is 2. The summed E-state index contributed by atoms with van der Waals surface area (Å²) < 4.78 is 0. The van der Waals surface area contributed by atoms with Crippen molar-refractivity contribution < 1.29 is 4.79 Å². The summed E-state index contributed by atoms with van der Waals surface area (Å²) in [5.74, 6) is 0.0914. The number of H-pyrrole nitrogens is 1. The van der Waals surface area contributed by atoms with E-state index in [1.54, 1.807) is 17.4 Å². The normalized spacial score (nSPS) is 15.7. The Labute approximate surface area is 134 Å². The van der Waals surface area contributed by atoms with Crippen molar-refractivity contribution in [1.82, 2.24) is 15.1 Å². The number of thiophene rings is 1. The zero-order chi connectivity index (χ0) is 15.5. The van der Waals surface area contributed by atoms with Gasteiger partial charge in [0.05, 0.1) is 17.1 Å². The first-order valence-corrected chi connectivity index (χ1v) is 8.30. The van der Waals surface area contributed by atoms with Crippen LogP contribution in [0.15, 0.2) is 23.6 Å². The van der Waals surface area contributed by atoms with Gasteiger partial charge in [0.25, 0.3) is 0 Å². The molecule has 1 N–H and O–H groups in total. The number of aromatic amines is 1. The number of carbonyl (C=O) groups is 1. The standard InChI is InChI=1S/C16H20N4OS/c1-12-16(13(2)18-17-12)20-9-7-19(8-10-20)15(21)6-5-14-4-3-11-22-14/h3-6,11H,7-10H2,1-2H3,(H,17,18)/b6-5+. The number of hydrogen-bond donors (Lipinski definition) is 1. The Morgan fingerprint density at radius 1 is 1.32 bits per heavy atom. The second-order valence-corrected chi connectivity index (χ2v) is 6.42. The molecule has 0 radical (unpaired) electrons. The van der Waals surface area contributed by atoms with Crippen molar-refractivity contribution in [3.05, 3.63) is 39.9 Å².